The van der Waals surface area contributed by atoms with Crippen LogP contribution in [0.3, 0.4) is 0 Å². The van der Waals surface area contributed by atoms with E-state index in [1.165, 1.54) is 42.5 Å². The SMILES string of the molecule is O=C(NC1=C[CH]CC=C1)c1cc(Cl)ccc1NS(=O)(=O)c1ccc(Cl)cc1. The van der Waals surface area contributed by atoms with Crippen LogP contribution < -0.4 is 10.0 Å². The van der Waals surface area contributed by atoms with Crippen molar-refractivity contribution < 1.29 is 13.2 Å². The number of anilines is 1. The lowest BCUT2D eigenvalue weighted by Gasteiger charge is -2.14. The number of carbonyl (C=O) groups is 1. The second-order valence-corrected chi connectivity index (χ2v) is 8.25. The van der Waals surface area contributed by atoms with Gasteiger partial charge in [-0.15, -0.1) is 0 Å². The largest absolute Gasteiger partial charge is 0.322 e. The molecule has 1 aliphatic rings. The molecule has 0 unspecified atom stereocenters. The second kappa shape index (κ2) is 8.17. The molecule has 0 saturated carbocycles. The van der Waals surface area contributed by atoms with E-state index in [9.17, 15) is 13.2 Å². The predicted octanol–water partition coefficient (Wildman–Crippen LogP) is 4.57. The van der Waals surface area contributed by atoms with E-state index in [1.807, 2.05) is 12.5 Å². The summed E-state index contributed by atoms with van der Waals surface area (Å²) in [6, 6.07) is 10.1. The Labute approximate surface area is 167 Å². The Balaban J connectivity index is 1.89. The maximum atomic E-state index is 12.6. The van der Waals surface area contributed by atoms with Crippen LogP contribution in [0.5, 0.6) is 0 Å². The summed E-state index contributed by atoms with van der Waals surface area (Å²) in [6.07, 6.45) is 8.15. The third kappa shape index (κ3) is 4.91. The molecular formula is C19H15Cl2N2O3S. The molecule has 0 saturated heterocycles. The summed E-state index contributed by atoms with van der Waals surface area (Å²) in [6.45, 7) is 0. The van der Waals surface area contributed by atoms with Crippen LogP contribution in [0.2, 0.25) is 10.0 Å². The van der Waals surface area contributed by atoms with E-state index >= 15 is 0 Å². The number of nitrogens with one attached hydrogen (secondary N) is 2. The van der Waals surface area contributed by atoms with Gasteiger partial charge in [0.05, 0.1) is 16.1 Å². The first-order valence-corrected chi connectivity index (χ1v) is 10.2. The van der Waals surface area contributed by atoms with Crippen LogP contribution in [0.25, 0.3) is 0 Å². The number of hydrogen-bond acceptors (Lipinski definition) is 3. The molecule has 8 heteroatoms. The highest BCUT2D eigenvalue weighted by molar-refractivity contribution is 7.92. The first-order chi connectivity index (χ1) is 12.8. The Hall–Kier alpha value is -2.28. The van der Waals surface area contributed by atoms with E-state index in [0.717, 1.165) is 6.42 Å². The maximum absolute atomic E-state index is 12.6. The molecule has 1 aliphatic carbocycles. The molecule has 0 aliphatic heterocycles. The molecule has 0 spiro atoms. The Kier molecular flexibility index (Phi) is 5.89. The zero-order chi connectivity index (χ0) is 19.4. The number of halogens is 2. The van der Waals surface area contributed by atoms with Gasteiger partial charge in [0.1, 0.15) is 0 Å². The zero-order valence-corrected chi connectivity index (χ0v) is 16.3. The molecule has 2 aromatic rings. The Morgan fingerprint density at radius 3 is 2.37 bits per heavy atom. The number of rotatable bonds is 5. The summed E-state index contributed by atoms with van der Waals surface area (Å²) in [5.74, 6) is -0.475. The summed E-state index contributed by atoms with van der Waals surface area (Å²) in [5, 5.41) is 3.47. The lowest BCUT2D eigenvalue weighted by molar-refractivity contribution is 0.0968. The number of allylic oxidation sites excluding steroid dienone is 3. The molecule has 0 bridgehead atoms. The molecule has 1 radical (unpaired) electrons. The van der Waals surface area contributed by atoms with Crippen LogP contribution in [-0.2, 0) is 10.0 Å². The van der Waals surface area contributed by atoms with Crippen molar-refractivity contribution >= 4 is 44.8 Å². The molecule has 1 amide bonds. The van der Waals surface area contributed by atoms with Crippen LogP contribution in [-0.4, -0.2) is 14.3 Å². The lowest BCUT2D eigenvalue weighted by Crippen LogP contribution is -2.24. The van der Waals surface area contributed by atoms with Crippen LogP contribution in [0.4, 0.5) is 5.69 Å². The van der Waals surface area contributed by atoms with Gasteiger partial charge in [0.15, 0.2) is 0 Å². The smallest absolute Gasteiger partial charge is 0.261 e. The van der Waals surface area contributed by atoms with E-state index < -0.39 is 15.9 Å². The van der Waals surface area contributed by atoms with Gasteiger partial charge in [-0.2, -0.15) is 0 Å². The van der Waals surface area contributed by atoms with Crippen molar-refractivity contribution in [3.05, 3.63) is 88.4 Å². The number of hydrogen-bond donors (Lipinski definition) is 2. The summed E-state index contributed by atoms with van der Waals surface area (Å²) >= 11 is 11.8. The highest BCUT2D eigenvalue weighted by atomic mass is 35.5. The summed E-state index contributed by atoms with van der Waals surface area (Å²) in [7, 11) is -3.90. The van der Waals surface area contributed by atoms with Gasteiger partial charge in [-0.3, -0.25) is 9.52 Å². The van der Waals surface area contributed by atoms with Crippen molar-refractivity contribution in [2.45, 2.75) is 11.3 Å². The molecular weight excluding hydrogens is 407 g/mol. The molecule has 0 aromatic heterocycles. The standard InChI is InChI=1S/C19H15Cl2N2O3S/c20-13-6-9-16(10-7-13)27(25,26)23-18-11-8-14(21)12-17(18)19(24)22-15-4-2-1-3-5-15/h2-12,23H,1H2,(H,22,24). The fraction of sp³-hybridized carbons (Fsp3) is 0.0526. The van der Waals surface area contributed by atoms with Gasteiger partial charge in [-0.1, -0.05) is 35.4 Å². The minimum absolute atomic E-state index is 0.0285. The molecule has 0 fully saturated rings. The van der Waals surface area contributed by atoms with Crippen LogP contribution >= 0.6 is 23.2 Å². The van der Waals surface area contributed by atoms with Gasteiger partial charge < -0.3 is 5.32 Å². The molecule has 27 heavy (non-hydrogen) atoms. The first kappa shape index (κ1) is 19.5. The fourth-order valence-corrected chi connectivity index (χ4v) is 3.79. The van der Waals surface area contributed by atoms with E-state index in [1.54, 1.807) is 12.2 Å². The summed E-state index contributed by atoms with van der Waals surface area (Å²) < 4.78 is 27.7. The second-order valence-electron chi connectivity index (χ2n) is 5.70. The van der Waals surface area contributed by atoms with Gasteiger partial charge in [0.25, 0.3) is 15.9 Å². The molecule has 5 nitrogen and oxygen atoms in total. The molecule has 0 heterocycles. The third-order valence-corrected chi connectivity index (χ3v) is 5.59. The quantitative estimate of drug-likeness (QED) is 0.741. The van der Waals surface area contributed by atoms with Crippen molar-refractivity contribution in [3.63, 3.8) is 0 Å². The molecule has 139 valence electrons. The van der Waals surface area contributed by atoms with E-state index in [4.69, 9.17) is 23.2 Å². The summed E-state index contributed by atoms with van der Waals surface area (Å²) in [5.41, 5.74) is 0.842. The normalized spacial score (nSPS) is 13.8. The highest BCUT2D eigenvalue weighted by Crippen LogP contribution is 2.25. The Morgan fingerprint density at radius 2 is 1.70 bits per heavy atom. The monoisotopic (exact) mass is 421 g/mol. The van der Waals surface area contributed by atoms with E-state index in [0.29, 0.717) is 15.7 Å². The average molecular weight is 422 g/mol. The molecule has 2 aromatic carbocycles. The third-order valence-electron chi connectivity index (χ3n) is 3.72. The summed E-state index contributed by atoms with van der Waals surface area (Å²) in [4.78, 5) is 12.7. The number of sulfonamides is 1. The molecule has 3 rings (SSSR count). The minimum Gasteiger partial charge on any atom is -0.322 e. The first-order valence-electron chi connectivity index (χ1n) is 7.94. The van der Waals surface area contributed by atoms with E-state index in [2.05, 4.69) is 10.0 Å². The predicted molar refractivity (Wildman–Crippen MR) is 107 cm³/mol. The number of carbonyl (C=O) groups excluding carboxylic acids is 1. The van der Waals surface area contributed by atoms with Crippen LogP contribution in [0.15, 0.2) is 71.3 Å². The fourth-order valence-electron chi connectivity index (χ4n) is 2.42. The average Bonchev–Trinajstić information content (AvgIpc) is 2.64. The Bertz CT molecular complexity index is 1030. The van der Waals surface area contributed by atoms with Crippen molar-refractivity contribution in [3.8, 4) is 0 Å². The van der Waals surface area contributed by atoms with E-state index in [-0.39, 0.29) is 16.1 Å². The number of amides is 1. The van der Waals surface area contributed by atoms with Gasteiger partial charge >= 0.3 is 0 Å². The highest BCUT2D eigenvalue weighted by Gasteiger charge is 2.20. The minimum atomic E-state index is -3.90. The van der Waals surface area contributed by atoms with Gasteiger partial charge in [0.2, 0.25) is 0 Å². The Morgan fingerprint density at radius 1 is 1.00 bits per heavy atom. The van der Waals surface area contributed by atoms with Crippen LogP contribution in [0, 0.1) is 6.42 Å². The zero-order valence-electron chi connectivity index (χ0n) is 13.9. The molecule has 0 atom stereocenters. The van der Waals surface area contributed by atoms with Crippen molar-refractivity contribution in [2.75, 3.05) is 4.72 Å². The number of benzene rings is 2. The van der Waals surface area contributed by atoms with Gasteiger partial charge in [0, 0.05) is 15.7 Å². The van der Waals surface area contributed by atoms with Crippen LogP contribution in [0.1, 0.15) is 16.8 Å². The topological polar surface area (TPSA) is 75.3 Å². The van der Waals surface area contributed by atoms with Crippen molar-refractivity contribution in [2.24, 2.45) is 0 Å². The van der Waals surface area contributed by atoms with Crippen molar-refractivity contribution in [1.29, 1.82) is 0 Å². The van der Waals surface area contributed by atoms with Crippen molar-refractivity contribution in [1.82, 2.24) is 5.32 Å². The molecule has 2 N–H and O–H groups in total. The lowest BCUT2D eigenvalue weighted by atomic mass is 10.1. The van der Waals surface area contributed by atoms with Gasteiger partial charge in [-0.05, 0) is 61.4 Å². The van der Waals surface area contributed by atoms with Gasteiger partial charge in [-0.25, -0.2) is 8.42 Å². The maximum Gasteiger partial charge on any atom is 0.261 e.